The van der Waals surface area contributed by atoms with Gasteiger partial charge in [-0.3, -0.25) is 9.69 Å². The fourth-order valence-electron chi connectivity index (χ4n) is 3.74. The molecule has 1 amide bonds. The highest BCUT2D eigenvalue weighted by atomic mass is 19.1. The Morgan fingerprint density at radius 1 is 1.10 bits per heavy atom. The zero-order valence-corrected chi connectivity index (χ0v) is 17.1. The predicted octanol–water partition coefficient (Wildman–Crippen LogP) is 2.86. The van der Waals surface area contributed by atoms with E-state index in [-0.39, 0.29) is 37.0 Å². The Hall–Kier alpha value is -2.44. The second-order valence-corrected chi connectivity index (χ2v) is 7.71. The van der Waals surface area contributed by atoms with Crippen molar-refractivity contribution in [2.45, 2.75) is 38.9 Å². The Morgan fingerprint density at radius 3 is 2.59 bits per heavy atom. The van der Waals surface area contributed by atoms with Gasteiger partial charge in [0.25, 0.3) is 5.91 Å². The molecule has 2 unspecified atom stereocenters. The highest BCUT2D eigenvalue weighted by molar-refractivity contribution is 5.78. The molecule has 2 aromatic rings. The number of carbonyl (C=O) groups is 1. The number of nitrogens with zero attached hydrogens (tertiary/aromatic N) is 2. The average Bonchev–Trinajstić information content (AvgIpc) is 2.71. The molecule has 6 heteroatoms. The van der Waals surface area contributed by atoms with Crippen LogP contribution >= 0.6 is 0 Å². The summed E-state index contributed by atoms with van der Waals surface area (Å²) in [5, 5.41) is 9.06. The lowest BCUT2D eigenvalue weighted by Gasteiger charge is -2.44. The number of carbonyl (C=O) groups excluding carboxylic acids is 1. The minimum Gasteiger partial charge on any atom is -0.484 e. The first kappa shape index (κ1) is 21.3. The van der Waals surface area contributed by atoms with Crippen LogP contribution < -0.4 is 4.74 Å². The number of halogens is 1. The SMILES string of the molecule is CC1CN(C(=O)COc2cccc(CCO)c2)C(C)CN1Cc1ccc(F)cc1. The van der Waals surface area contributed by atoms with Crippen molar-refractivity contribution in [1.29, 1.82) is 0 Å². The van der Waals surface area contributed by atoms with Gasteiger partial charge in [0.2, 0.25) is 0 Å². The molecular formula is C23H29FN2O3. The molecule has 2 atom stereocenters. The Morgan fingerprint density at radius 2 is 1.86 bits per heavy atom. The van der Waals surface area contributed by atoms with E-state index in [4.69, 9.17) is 9.84 Å². The summed E-state index contributed by atoms with van der Waals surface area (Å²) >= 11 is 0. The van der Waals surface area contributed by atoms with Crippen LogP contribution in [0.3, 0.4) is 0 Å². The molecule has 0 saturated carbocycles. The smallest absolute Gasteiger partial charge is 0.260 e. The van der Waals surface area contributed by atoms with Crippen LogP contribution in [-0.2, 0) is 17.8 Å². The number of hydrogen-bond donors (Lipinski definition) is 1. The van der Waals surface area contributed by atoms with E-state index in [9.17, 15) is 9.18 Å². The van der Waals surface area contributed by atoms with E-state index in [1.54, 1.807) is 0 Å². The summed E-state index contributed by atoms with van der Waals surface area (Å²) in [6, 6.07) is 14.3. The second-order valence-electron chi connectivity index (χ2n) is 7.71. The van der Waals surface area contributed by atoms with Crippen LogP contribution in [0.25, 0.3) is 0 Å². The van der Waals surface area contributed by atoms with Crippen LogP contribution in [0.2, 0.25) is 0 Å². The van der Waals surface area contributed by atoms with Gasteiger partial charge in [0.15, 0.2) is 6.61 Å². The topological polar surface area (TPSA) is 53.0 Å². The molecule has 29 heavy (non-hydrogen) atoms. The molecule has 0 spiro atoms. The number of hydrogen-bond acceptors (Lipinski definition) is 4. The Labute approximate surface area is 171 Å². The van der Waals surface area contributed by atoms with Gasteiger partial charge < -0.3 is 14.7 Å². The lowest BCUT2D eigenvalue weighted by Crippen LogP contribution is -2.58. The molecule has 1 fully saturated rings. The number of amides is 1. The monoisotopic (exact) mass is 400 g/mol. The fourth-order valence-corrected chi connectivity index (χ4v) is 3.74. The average molecular weight is 400 g/mol. The maximum absolute atomic E-state index is 13.1. The molecule has 1 aliphatic rings. The van der Waals surface area contributed by atoms with Crippen molar-refractivity contribution in [1.82, 2.24) is 9.80 Å². The number of aliphatic hydroxyl groups is 1. The molecule has 1 saturated heterocycles. The van der Waals surface area contributed by atoms with Crippen LogP contribution in [0.1, 0.15) is 25.0 Å². The number of ether oxygens (including phenoxy) is 1. The van der Waals surface area contributed by atoms with Crippen molar-refractivity contribution in [3.05, 3.63) is 65.5 Å². The maximum Gasteiger partial charge on any atom is 0.260 e. The molecule has 0 aromatic heterocycles. The molecule has 0 radical (unpaired) electrons. The lowest BCUT2D eigenvalue weighted by molar-refractivity contribution is -0.139. The lowest BCUT2D eigenvalue weighted by atomic mass is 10.1. The largest absolute Gasteiger partial charge is 0.484 e. The van der Waals surface area contributed by atoms with Gasteiger partial charge in [-0.2, -0.15) is 0 Å². The van der Waals surface area contributed by atoms with Gasteiger partial charge in [0, 0.05) is 38.3 Å². The first-order valence-corrected chi connectivity index (χ1v) is 10.1. The third-order valence-electron chi connectivity index (χ3n) is 5.40. The van der Waals surface area contributed by atoms with Crippen molar-refractivity contribution in [2.24, 2.45) is 0 Å². The molecule has 5 nitrogen and oxygen atoms in total. The Balaban J connectivity index is 1.54. The van der Waals surface area contributed by atoms with E-state index in [0.29, 0.717) is 18.7 Å². The molecule has 1 aliphatic heterocycles. The van der Waals surface area contributed by atoms with Crippen LogP contribution in [0.15, 0.2) is 48.5 Å². The van der Waals surface area contributed by atoms with Gasteiger partial charge in [-0.25, -0.2) is 4.39 Å². The van der Waals surface area contributed by atoms with Crippen LogP contribution in [0.4, 0.5) is 4.39 Å². The summed E-state index contributed by atoms with van der Waals surface area (Å²) in [6.07, 6.45) is 0.565. The number of rotatable bonds is 7. The molecular weight excluding hydrogens is 371 g/mol. The third-order valence-corrected chi connectivity index (χ3v) is 5.40. The molecule has 3 rings (SSSR count). The van der Waals surface area contributed by atoms with Crippen LogP contribution in [-0.4, -0.2) is 59.2 Å². The highest BCUT2D eigenvalue weighted by Crippen LogP contribution is 2.19. The van der Waals surface area contributed by atoms with E-state index < -0.39 is 0 Å². The zero-order chi connectivity index (χ0) is 20.8. The molecule has 156 valence electrons. The fraction of sp³-hybridized carbons (Fsp3) is 0.435. The van der Waals surface area contributed by atoms with Crippen LogP contribution in [0, 0.1) is 5.82 Å². The van der Waals surface area contributed by atoms with Gasteiger partial charge in [-0.15, -0.1) is 0 Å². The quantitative estimate of drug-likeness (QED) is 0.777. The molecule has 0 bridgehead atoms. The number of piperazine rings is 1. The summed E-state index contributed by atoms with van der Waals surface area (Å²) in [6.45, 7) is 6.36. The van der Waals surface area contributed by atoms with Gasteiger partial charge in [0.1, 0.15) is 11.6 Å². The summed E-state index contributed by atoms with van der Waals surface area (Å²) in [4.78, 5) is 16.9. The summed E-state index contributed by atoms with van der Waals surface area (Å²) in [7, 11) is 0. The summed E-state index contributed by atoms with van der Waals surface area (Å²) in [5.41, 5.74) is 2.05. The van der Waals surface area contributed by atoms with Crippen molar-refractivity contribution in [3.8, 4) is 5.75 Å². The standard InChI is InChI=1S/C23H29FN2O3/c1-17-14-26(18(2)13-25(17)15-20-6-8-21(24)9-7-20)23(28)16-29-22-5-3-4-19(12-22)10-11-27/h3-9,12,17-18,27H,10-11,13-16H2,1-2H3. The molecule has 1 N–H and O–H groups in total. The minimum atomic E-state index is -0.229. The first-order chi connectivity index (χ1) is 14.0. The first-order valence-electron chi connectivity index (χ1n) is 10.1. The van der Waals surface area contributed by atoms with Gasteiger partial charge in [-0.05, 0) is 55.7 Å². The predicted molar refractivity (Wildman–Crippen MR) is 110 cm³/mol. The zero-order valence-electron chi connectivity index (χ0n) is 17.1. The van der Waals surface area contributed by atoms with E-state index in [1.807, 2.05) is 48.2 Å². The number of benzene rings is 2. The summed E-state index contributed by atoms with van der Waals surface area (Å²) in [5.74, 6) is 0.380. The van der Waals surface area contributed by atoms with E-state index >= 15 is 0 Å². The van der Waals surface area contributed by atoms with E-state index in [0.717, 1.165) is 24.2 Å². The van der Waals surface area contributed by atoms with E-state index in [1.165, 1.54) is 12.1 Å². The molecule has 0 aliphatic carbocycles. The van der Waals surface area contributed by atoms with Gasteiger partial charge in [-0.1, -0.05) is 24.3 Å². The van der Waals surface area contributed by atoms with Gasteiger partial charge >= 0.3 is 0 Å². The Kier molecular flexibility index (Phi) is 7.23. The minimum absolute atomic E-state index is 0.00238. The highest BCUT2D eigenvalue weighted by Gasteiger charge is 2.32. The van der Waals surface area contributed by atoms with Crippen molar-refractivity contribution in [2.75, 3.05) is 26.3 Å². The Bertz CT molecular complexity index is 812. The molecule has 1 heterocycles. The van der Waals surface area contributed by atoms with Crippen LogP contribution in [0.5, 0.6) is 5.75 Å². The second kappa shape index (κ2) is 9.85. The van der Waals surface area contributed by atoms with E-state index in [2.05, 4.69) is 11.8 Å². The molecule has 2 aromatic carbocycles. The number of aliphatic hydroxyl groups excluding tert-OH is 1. The maximum atomic E-state index is 13.1. The van der Waals surface area contributed by atoms with Crippen molar-refractivity contribution in [3.63, 3.8) is 0 Å². The normalized spacial score (nSPS) is 19.9. The van der Waals surface area contributed by atoms with Gasteiger partial charge in [0.05, 0.1) is 0 Å². The summed E-state index contributed by atoms with van der Waals surface area (Å²) < 4.78 is 18.8. The van der Waals surface area contributed by atoms with Crippen molar-refractivity contribution < 1.29 is 19.0 Å². The van der Waals surface area contributed by atoms with Crippen molar-refractivity contribution >= 4 is 5.91 Å². The third kappa shape index (κ3) is 5.78.